The molecule has 0 radical (unpaired) electrons. The number of aryl methyl sites for hydroxylation is 1. The third-order valence-corrected chi connectivity index (χ3v) is 3.76. The number of hydrogen-bond acceptors (Lipinski definition) is 2. The summed E-state index contributed by atoms with van der Waals surface area (Å²) in [6.07, 6.45) is 2.87. The lowest BCUT2D eigenvalue weighted by Crippen LogP contribution is -2.46. The molecule has 0 aliphatic carbocycles. The van der Waals surface area contributed by atoms with Gasteiger partial charge in [0.1, 0.15) is 5.82 Å². The van der Waals surface area contributed by atoms with Crippen LogP contribution in [0.25, 0.3) is 0 Å². The van der Waals surface area contributed by atoms with Gasteiger partial charge in [0.2, 0.25) is 0 Å². The van der Waals surface area contributed by atoms with Gasteiger partial charge in [-0.25, -0.2) is 4.39 Å². The summed E-state index contributed by atoms with van der Waals surface area (Å²) in [4.78, 5) is 14.6. The van der Waals surface area contributed by atoms with Crippen LogP contribution in [0.15, 0.2) is 18.2 Å². The first-order valence-electron chi connectivity index (χ1n) is 7.40. The number of amides is 1. The minimum atomic E-state index is -0.338. The molecule has 3 nitrogen and oxygen atoms in total. The highest BCUT2D eigenvalue weighted by Crippen LogP contribution is 2.18. The van der Waals surface area contributed by atoms with Gasteiger partial charge in [-0.05, 0) is 63.0 Å². The second kappa shape index (κ2) is 8.35. The van der Waals surface area contributed by atoms with E-state index >= 15 is 0 Å². The third kappa shape index (κ3) is 4.68. The summed E-state index contributed by atoms with van der Waals surface area (Å²) in [6, 6.07) is 4.84. The van der Waals surface area contributed by atoms with Gasteiger partial charge in [0.05, 0.1) is 0 Å². The van der Waals surface area contributed by atoms with Crippen LogP contribution in [0.5, 0.6) is 0 Å². The Kier molecular flexibility index (Phi) is 7.12. The van der Waals surface area contributed by atoms with Gasteiger partial charge in [-0.3, -0.25) is 4.79 Å². The second-order valence-corrected chi connectivity index (χ2v) is 5.50. The molecule has 5 heteroatoms. The van der Waals surface area contributed by atoms with Crippen LogP contribution < -0.4 is 5.32 Å². The van der Waals surface area contributed by atoms with Crippen molar-refractivity contribution in [2.75, 3.05) is 19.6 Å². The van der Waals surface area contributed by atoms with E-state index in [1.54, 1.807) is 6.07 Å². The van der Waals surface area contributed by atoms with Gasteiger partial charge < -0.3 is 10.2 Å². The summed E-state index contributed by atoms with van der Waals surface area (Å²) in [5.74, 6) is -0.378. The summed E-state index contributed by atoms with van der Waals surface area (Å²) >= 11 is 0. The molecule has 0 unspecified atom stereocenters. The lowest BCUT2D eigenvalue weighted by Gasteiger charge is -2.34. The maximum absolute atomic E-state index is 13.5. The van der Waals surface area contributed by atoms with Crippen molar-refractivity contribution in [3.63, 3.8) is 0 Å². The van der Waals surface area contributed by atoms with E-state index in [1.807, 2.05) is 11.8 Å². The Morgan fingerprint density at radius 2 is 2.00 bits per heavy atom. The van der Waals surface area contributed by atoms with Crippen molar-refractivity contribution in [3.05, 3.63) is 35.1 Å². The van der Waals surface area contributed by atoms with E-state index in [9.17, 15) is 9.18 Å². The molecule has 1 aliphatic rings. The van der Waals surface area contributed by atoms with Crippen molar-refractivity contribution in [3.8, 4) is 0 Å². The normalized spacial score (nSPS) is 15.4. The molecular weight excluding hydrogens is 291 g/mol. The largest absolute Gasteiger partial charge is 0.336 e. The molecule has 118 valence electrons. The van der Waals surface area contributed by atoms with Crippen molar-refractivity contribution in [2.45, 2.75) is 39.2 Å². The monoisotopic (exact) mass is 314 g/mol. The Bertz CT molecular complexity index is 455. The van der Waals surface area contributed by atoms with Gasteiger partial charge in [-0.2, -0.15) is 0 Å². The third-order valence-electron chi connectivity index (χ3n) is 3.76. The molecule has 0 aromatic heterocycles. The highest BCUT2D eigenvalue weighted by Gasteiger charge is 2.25. The van der Waals surface area contributed by atoms with Gasteiger partial charge in [-0.15, -0.1) is 12.4 Å². The number of nitrogens with zero attached hydrogens (tertiary/aromatic N) is 1. The smallest absolute Gasteiger partial charge is 0.254 e. The molecule has 21 heavy (non-hydrogen) atoms. The Labute approximate surface area is 132 Å². The van der Waals surface area contributed by atoms with Crippen LogP contribution in [0.1, 0.15) is 42.1 Å². The standard InChI is InChI=1S/C16H23FN2O.ClH/c1-3-8-19(15-4-6-18-7-5-15)16(20)13-9-12(2)10-14(17)11-13;/h9-11,15,18H,3-8H2,1-2H3;1H. The average molecular weight is 315 g/mol. The van der Waals surface area contributed by atoms with Gasteiger partial charge in [0.15, 0.2) is 0 Å². The zero-order valence-electron chi connectivity index (χ0n) is 12.7. The maximum Gasteiger partial charge on any atom is 0.254 e. The van der Waals surface area contributed by atoms with Gasteiger partial charge in [-0.1, -0.05) is 6.92 Å². The van der Waals surface area contributed by atoms with Gasteiger partial charge in [0, 0.05) is 18.2 Å². The summed E-state index contributed by atoms with van der Waals surface area (Å²) in [5.41, 5.74) is 1.25. The van der Waals surface area contributed by atoms with E-state index in [0.29, 0.717) is 5.56 Å². The number of hydrogen-bond donors (Lipinski definition) is 1. The quantitative estimate of drug-likeness (QED) is 0.926. The van der Waals surface area contributed by atoms with Crippen molar-refractivity contribution in [1.82, 2.24) is 10.2 Å². The van der Waals surface area contributed by atoms with Gasteiger partial charge in [0.25, 0.3) is 5.91 Å². The first kappa shape index (κ1) is 17.9. The van der Waals surface area contributed by atoms with E-state index in [0.717, 1.165) is 44.5 Å². The number of carbonyl (C=O) groups excluding carboxylic acids is 1. The number of rotatable bonds is 4. The molecule has 1 heterocycles. The number of nitrogens with one attached hydrogen (secondary N) is 1. The number of carbonyl (C=O) groups is 1. The molecule has 0 atom stereocenters. The average Bonchev–Trinajstić information content (AvgIpc) is 2.44. The summed E-state index contributed by atoms with van der Waals surface area (Å²) in [5, 5.41) is 3.31. The summed E-state index contributed by atoms with van der Waals surface area (Å²) in [6.45, 7) is 6.51. The van der Waals surface area contributed by atoms with Crippen LogP contribution in [0.3, 0.4) is 0 Å². The molecule has 1 saturated heterocycles. The highest BCUT2D eigenvalue weighted by molar-refractivity contribution is 5.94. The van der Waals surface area contributed by atoms with Crippen LogP contribution in [-0.2, 0) is 0 Å². The fourth-order valence-electron chi connectivity index (χ4n) is 2.83. The summed E-state index contributed by atoms with van der Waals surface area (Å²) < 4.78 is 13.5. The number of benzene rings is 1. The van der Waals surface area contributed by atoms with Gasteiger partial charge >= 0.3 is 0 Å². The molecule has 0 saturated carbocycles. The van der Waals surface area contributed by atoms with E-state index in [1.165, 1.54) is 12.1 Å². The zero-order valence-corrected chi connectivity index (χ0v) is 13.5. The Balaban J connectivity index is 0.00000220. The lowest BCUT2D eigenvalue weighted by molar-refractivity contribution is 0.0642. The second-order valence-electron chi connectivity index (χ2n) is 5.50. The Hall–Kier alpha value is -1.13. The number of piperidine rings is 1. The predicted octanol–water partition coefficient (Wildman–Crippen LogP) is 3.16. The van der Waals surface area contributed by atoms with E-state index in [2.05, 4.69) is 12.2 Å². The minimum Gasteiger partial charge on any atom is -0.336 e. The number of halogens is 2. The van der Waals surface area contributed by atoms with Crippen molar-refractivity contribution in [1.29, 1.82) is 0 Å². The summed E-state index contributed by atoms with van der Waals surface area (Å²) in [7, 11) is 0. The first-order chi connectivity index (χ1) is 9.61. The Morgan fingerprint density at radius 3 is 2.57 bits per heavy atom. The molecule has 1 fully saturated rings. The molecule has 1 aliphatic heterocycles. The molecule has 1 aromatic rings. The predicted molar refractivity (Wildman–Crippen MR) is 85.6 cm³/mol. The highest BCUT2D eigenvalue weighted by atomic mass is 35.5. The maximum atomic E-state index is 13.5. The molecule has 0 bridgehead atoms. The fraction of sp³-hybridized carbons (Fsp3) is 0.562. The molecule has 2 rings (SSSR count). The van der Waals surface area contributed by atoms with Crippen molar-refractivity contribution < 1.29 is 9.18 Å². The van der Waals surface area contributed by atoms with Crippen LogP contribution in [-0.4, -0.2) is 36.5 Å². The Morgan fingerprint density at radius 1 is 1.33 bits per heavy atom. The van der Waals surface area contributed by atoms with Crippen molar-refractivity contribution in [2.24, 2.45) is 0 Å². The molecular formula is C16H24ClFN2O. The molecule has 1 N–H and O–H groups in total. The molecule has 1 aromatic carbocycles. The minimum absolute atomic E-state index is 0. The van der Waals surface area contributed by atoms with Crippen LogP contribution in [0.4, 0.5) is 4.39 Å². The van der Waals surface area contributed by atoms with Crippen LogP contribution in [0, 0.1) is 12.7 Å². The first-order valence-corrected chi connectivity index (χ1v) is 7.40. The van der Waals surface area contributed by atoms with E-state index < -0.39 is 0 Å². The van der Waals surface area contributed by atoms with E-state index in [4.69, 9.17) is 0 Å². The van der Waals surface area contributed by atoms with Crippen LogP contribution in [0.2, 0.25) is 0 Å². The van der Waals surface area contributed by atoms with E-state index in [-0.39, 0.29) is 30.2 Å². The van der Waals surface area contributed by atoms with Crippen molar-refractivity contribution >= 4 is 18.3 Å². The fourth-order valence-corrected chi connectivity index (χ4v) is 2.83. The van der Waals surface area contributed by atoms with Crippen LogP contribution >= 0.6 is 12.4 Å². The molecule has 1 amide bonds. The zero-order chi connectivity index (χ0) is 14.5. The SMILES string of the molecule is CCCN(C(=O)c1cc(C)cc(F)c1)C1CCNCC1.Cl. The topological polar surface area (TPSA) is 32.3 Å². The molecule has 0 spiro atoms. The lowest BCUT2D eigenvalue weighted by atomic mass is 10.0.